The molecular weight excluding hydrogens is 366 g/mol. The van der Waals surface area contributed by atoms with Crippen molar-refractivity contribution in [2.75, 3.05) is 27.2 Å². The van der Waals surface area contributed by atoms with Gasteiger partial charge in [0.25, 0.3) is 5.69 Å². The van der Waals surface area contributed by atoms with Crippen LogP contribution in [0.1, 0.15) is 11.1 Å². The first-order chi connectivity index (χ1) is 12.8. The van der Waals surface area contributed by atoms with Crippen LogP contribution in [0.3, 0.4) is 0 Å². The van der Waals surface area contributed by atoms with E-state index < -0.39 is 4.92 Å². The van der Waals surface area contributed by atoms with Gasteiger partial charge in [0.2, 0.25) is 5.91 Å². The number of halogens is 1. The molecule has 0 unspecified atom stereocenters. The first kappa shape index (κ1) is 20.6. The van der Waals surface area contributed by atoms with E-state index in [0.29, 0.717) is 18.1 Å². The van der Waals surface area contributed by atoms with Crippen LogP contribution in [0.5, 0.6) is 0 Å². The second-order valence-electron chi connectivity index (χ2n) is 6.37. The Morgan fingerprint density at radius 2 is 1.70 bits per heavy atom. The average molecular weight is 388 g/mol. The molecule has 0 fully saturated rings. The maximum atomic E-state index is 12.7. The lowest BCUT2D eigenvalue weighted by Crippen LogP contribution is -2.35. The zero-order valence-electron chi connectivity index (χ0n) is 15.3. The van der Waals surface area contributed by atoms with E-state index in [9.17, 15) is 14.9 Å². The fourth-order valence-corrected chi connectivity index (χ4v) is 2.50. The number of hydrogen-bond acceptors (Lipinski definition) is 4. The molecule has 0 aromatic heterocycles. The summed E-state index contributed by atoms with van der Waals surface area (Å²) in [6.07, 6.45) is 3.16. The molecule has 142 valence electrons. The third kappa shape index (κ3) is 6.84. The van der Waals surface area contributed by atoms with Crippen LogP contribution in [0, 0.1) is 10.1 Å². The SMILES string of the molecule is CN(C)CCN(Cc1ccc(Cl)cc1)C(=O)C=Cc1ccc([N+](=O)[O-])cc1. The molecule has 0 saturated carbocycles. The minimum Gasteiger partial charge on any atom is -0.334 e. The lowest BCUT2D eigenvalue weighted by Gasteiger charge is -2.23. The monoisotopic (exact) mass is 387 g/mol. The Bertz CT molecular complexity index is 802. The van der Waals surface area contributed by atoms with E-state index in [0.717, 1.165) is 17.7 Å². The van der Waals surface area contributed by atoms with E-state index in [4.69, 9.17) is 11.6 Å². The lowest BCUT2D eigenvalue weighted by atomic mass is 10.2. The average Bonchev–Trinajstić information content (AvgIpc) is 2.64. The zero-order valence-corrected chi connectivity index (χ0v) is 16.1. The van der Waals surface area contributed by atoms with E-state index in [1.165, 1.54) is 18.2 Å². The van der Waals surface area contributed by atoms with Gasteiger partial charge in [-0.15, -0.1) is 0 Å². The van der Waals surface area contributed by atoms with Crippen LogP contribution in [0.2, 0.25) is 5.02 Å². The van der Waals surface area contributed by atoms with Crippen molar-refractivity contribution in [2.45, 2.75) is 6.54 Å². The quantitative estimate of drug-likeness (QED) is 0.392. The van der Waals surface area contributed by atoms with Crippen molar-refractivity contribution in [3.63, 3.8) is 0 Å². The molecule has 0 aliphatic carbocycles. The molecule has 0 radical (unpaired) electrons. The van der Waals surface area contributed by atoms with Crippen LogP contribution in [0.15, 0.2) is 54.6 Å². The van der Waals surface area contributed by atoms with Crippen LogP contribution in [0.4, 0.5) is 5.69 Å². The number of nitro benzene ring substituents is 1. The van der Waals surface area contributed by atoms with Crippen molar-refractivity contribution < 1.29 is 9.72 Å². The Morgan fingerprint density at radius 3 is 2.26 bits per heavy atom. The maximum absolute atomic E-state index is 12.7. The van der Waals surface area contributed by atoms with Crippen molar-refractivity contribution >= 4 is 29.3 Å². The molecule has 0 aliphatic rings. The molecule has 6 nitrogen and oxygen atoms in total. The normalized spacial score (nSPS) is 11.1. The maximum Gasteiger partial charge on any atom is 0.269 e. The largest absolute Gasteiger partial charge is 0.334 e. The topological polar surface area (TPSA) is 66.7 Å². The molecule has 27 heavy (non-hydrogen) atoms. The Morgan fingerprint density at radius 1 is 1.07 bits per heavy atom. The Balaban J connectivity index is 2.09. The Kier molecular flexibility index (Phi) is 7.52. The molecule has 0 atom stereocenters. The number of benzene rings is 2. The molecule has 2 aromatic rings. The number of hydrogen-bond donors (Lipinski definition) is 0. The number of carbonyl (C=O) groups is 1. The number of nitro groups is 1. The second kappa shape index (κ2) is 9.85. The molecule has 0 heterocycles. The smallest absolute Gasteiger partial charge is 0.269 e. The van der Waals surface area contributed by atoms with Crippen molar-refractivity contribution in [3.8, 4) is 0 Å². The molecule has 2 rings (SSSR count). The minimum atomic E-state index is -0.451. The molecule has 1 amide bonds. The van der Waals surface area contributed by atoms with Crippen LogP contribution < -0.4 is 0 Å². The van der Waals surface area contributed by atoms with Gasteiger partial charge < -0.3 is 9.80 Å². The third-order valence-corrected chi connectivity index (χ3v) is 4.19. The molecule has 0 bridgehead atoms. The van der Waals surface area contributed by atoms with Crippen molar-refractivity contribution in [1.82, 2.24) is 9.80 Å². The van der Waals surface area contributed by atoms with Gasteiger partial charge in [-0.2, -0.15) is 0 Å². The number of non-ortho nitro benzene ring substituents is 1. The summed E-state index contributed by atoms with van der Waals surface area (Å²) in [5.74, 6) is -0.120. The molecule has 0 saturated heterocycles. The van der Waals surface area contributed by atoms with Crippen LogP contribution in [-0.2, 0) is 11.3 Å². The molecule has 0 N–H and O–H groups in total. The van der Waals surface area contributed by atoms with Gasteiger partial charge in [0, 0.05) is 42.9 Å². The summed E-state index contributed by atoms with van der Waals surface area (Å²) in [5, 5.41) is 11.4. The summed E-state index contributed by atoms with van der Waals surface area (Å²) in [7, 11) is 3.91. The number of carbonyl (C=O) groups excluding carboxylic acids is 1. The van der Waals surface area contributed by atoms with Crippen molar-refractivity contribution in [1.29, 1.82) is 0 Å². The van der Waals surface area contributed by atoms with Gasteiger partial charge in [-0.05, 0) is 55.6 Å². The first-order valence-corrected chi connectivity index (χ1v) is 8.83. The predicted octanol–water partition coefficient (Wildman–Crippen LogP) is 3.85. The highest BCUT2D eigenvalue weighted by Crippen LogP contribution is 2.14. The fourth-order valence-electron chi connectivity index (χ4n) is 2.38. The summed E-state index contributed by atoms with van der Waals surface area (Å²) < 4.78 is 0. The second-order valence-corrected chi connectivity index (χ2v) is 6.81. The summed E-state index contributed by atoms with van der Waals surface area (Å²) in [5.41, 5.74) is 1.75. The lowest BCUT2D eigenvalue weighted by molar-refractivity contribution is -0.384. The molecular formula is C20H22ClN3O3. The number of likely N-dealkylation sites (N-methyl/N-ethyl adjacent to an activating group) is 1. The highest BCUT2D eigenvalue weighted by molar-refractivity contribution is 6.30. The van der Waals surface area contributed by atoms with Crippen LogP contribution in [-0.4, -0.2) is 47.8 Å². The fraction of sp³-hybridized carbons (Fsp3) is 0.250. The van der Waals surface area contributed by atoms with Gasteiger partial charge >= 0.3 is 0 Å². The molecule has 0 spiro atoms. The van der Waals surface area contributed by atoms with E-state index in [2.05, 4.69) is 0 Å². The van der Waals surface area contributed by atoms with Crippen molar-refractivity contribution in [2.24, 2.45) is 0 Å². The van der Waals surface area contributed by atoms with Crippen molar-refractivity contribution in [3.05, 3.63) is 80.9 Å². The van der Waals surface area contributed by atoms with E-state index >= 15 is 0 Å². The van der Waals surface area contributed by atoms with Gasteiger partial charge in [0.15, 0.2) is 0 Å². The van der Waals surface area contributed by atoms with Gasteiger partial charge in [0.1, 0.15) is 0 Å². The summed E-state index contributed by atoms with van der Waals surface area (Å²) in [4.78, 5) is 26.7. The van der Waals surface area contributed by atoms with Gasteiger partial charge in [-0.1, -0.05) is 23.7 Å². The standard InChI is InChI=1S/C20H22ClN3O3/c1-22(2)13-14-23(15-17-3-8-18(21)9-4-17)20(25)12-7-16-5-10-19(11-6-16)24(26)27/h3-12H,13-15H2,1-2H3. The summed E-state index contributed by atoms with van der Waals surface area (Å²) >= 11 is 5.92. The zero-order chi connectivity index (χ0) is 19.8. The highest BCUT2D eigenvalue weighted by atomic mass is 35.5. The first-order valence-electron chi connectivity index (χ1n) is 8.46. The predicted molar refractivity (Wildman–Crippen MR) is 108 cm³/mol. The van der Waals surface area contributed by atoms with E-state index in [1.807, 2.05) is 31.1 Å². The summed E-state index contributed by atoms with van der Waals surface area (Å²) in [6.45, 7) is 1.80. The number of nitrogens with zero attached hydrogens (tertiary/aromatic N) is 3. The van der Waals surface area contributed by atoms with E-state index in [-0.39, 0.29) is 11.6 Å². The third-order valence-electron chi connectivity index (χ3n) is 3.94. The highest BCUT2D eigenvalue weighted by Gasteiger charge is 2.12. The van der Waals surface area contributed by atoms with E-state index in [1.54, 1.807) is 35.2 Å². The number of amides is 1. The Hall–Kier alpha value is -2.70. The van der Waals surface area contributed by atoms with Gasteiger partial charge in [0.05, 0.1) is 4.92 Å². The molecule has 0 aliphatic heterocycles. The van der Waals surface area contributed by atoms with Crippen LogP contribution >= 0.6 is 11.6 Å². The molecule has 2 aromatic carbocycles. The minimum absolute atomic E-state index is 0.0221. The van der Waals surface area contributed by atoms with Gasteiger partial charge in [-0.25, -0.2) is 0 Å². The summed E-state index contributed by atoms with van der Waals surface area (Å²) in [6, 6.07) is 13.5. The Labute approximate surface area is 163 Å². The van der Waals surface area contributed by atoms with Gasteiger partial charge in [-0.3, -0.25) is 14.9 Å². The van der Waals surface area contributed by atoms with Crippen LogP contribution in [0.25, 0.3) is 6.08 Å². The number of rotatable bonds is 8. The molecule has 7 heteroatoms.